The Bertz CT molecular complexity index is 698. The van der Waals surface area contributed by atoms with E-state index in [9.17, 15) is 0 Å². The fourth-order valence-electron chi connectivity index (χ4n) is 1.90. The van der Waals surface area contributed by atoms with Crippen LogP contribution in [0.5, 0.6) is 0 Å². The van der Waals surface area contributed by atoms with Gasteiger partial charge in [-0.2, -0.15) is 0 Å². The van der Waals surface area contributed by atoms with Crippen LogP contribution in [-0.2, 0) is 5.75 Å². The number of fused-ring (bicyclic) bond motifs is 1. The van der Waals surface area contributed by atoms with Crippen LogP contribution in [0.2, 0.25) is 0 Å². The normalized spacial score (nSPS) is 10.7. The van der Waals surface area contributed by atoms with Crippen molar-refractivity contribution >= 4 is 28.6 Å². The molecule has 0 radical (unpaired) electrons. The van der Waals surface area contributed by atoms with E-state index in [0.717, 1.165) is 21.7 Å². The van der Waals surface area contributed by atoms with Gasteiger partial charge in [-0.15, -0.1) is 11.8 Å². The second-order valence-corrected chi connectivity index (χ2v) is 5.14. The Balaban J connectivity index is 1.92. The minimum absolute atomic E-state index is 0.328. The molecule has 2 N–H and O–H groups in total. The van der Waals surface area contributed by atoms with E-state index in [0.29, 0.717) is 5.95 Å². The van der Waals surface area contributed by atoms with Crippen molar-refractivity contribution in [1.82, 2.24) is 9.97 Å². The number of nitrogens with two attached hydrogens (primary N) is 1. The van der Waals surface area contributed by atoms with Crippen LogP contribution in [0.1, 0.15) is 5.56 Å². The summed E-state index contributed by atoms with van der Waals surface area (Å²) < 4.78 is 0. The molecular formula is C15H13N3S. The first-order valence-corrected chi connectivity index (χ1v) is 7.00. The Labute approximate surface area is 115 Å². The molecule has 0 saturated carbocycles. The van der Waals surface area contributed by atoms with E-state index < -0.39 is 0 Å². The van der Waals surface area contributed by atoms with E-state index >= 15 is 0 Å². The van der Waals surface area contributed by atoms with Crippen LogP contribution in [0.3, 0.4) is 0 Å². The third-order valence-corrected chi connectivity index (χ3v) is 3.87. The summed E-state index contributed by atoms with van der Waals surface area (Å²) >= 11 is 1.69. The average molecular weight is 267 g/mol. The highest BCUT2D eigenvalue weighted by molar-refractivity contribution is 7.98. The lowest BCUT2D eigenvalue weighted by molar-refractivity contribution is 1.12. The number of benzene rings is 2. The van der Waals surface area contributed by atoms with Crippen LogP contribution in [0.25, 0.3) is 10.9 Å². The van der Waals surface area contributed by atoms with Gasteiger partial charge in [0.15, 0.2) is 0 Å². The predicted molar refractivity (Wildman–Crippen MR) is 80.0 cm³/mol. The number of rotatable bonds is 3. The average Bonchev–Trinajstić information content (AvgIpc) is 2.45. The van der Waals surface area contributed by atoms with Gasteiger partial charge in [0.25, 0.3) is 0 Å². The predicted octanol–water partition coefficient (Wildman–Crippen LogP) is 3.50. The quantitative estimate of drug-likeness (QED) is 0.583. The highest BCUT2D eigenvalue weighted by Crippen LogP contribution is 2.28. The van der Waals surface area contributed by atoms with Crippen LogP contribution in [0, 0.1) is 0 Å². The van der Waals surface area contributed by atoms with Crippen molar-refractivity contribution in [2.75, 3.05) is 5.73 Å². The number of nitrogens with zero attached hydrogens (tertiary/aromatic N) is 2. The van der Waals surface area contributed by atoms with Crippen LogP contribution >= 0.6 is 11.8 Å². The molecule has 2 aromatic carbocycles. The molecule has 0 fully saturated rings. The van der Waals surface area contributed by atoms with Gasteiger partial charge in [-0.05, 0) is 11.6 Å². The maximum absolute atomic E-state index is 5.76. The number of para-hydroxylation sites is 1. The zero-order valence-electron chi connectivity index (χ0n) is 10.3. The van der Waals surface area contributed by atoms with Gasteiger partial charge < -0.3 is 5.73 Å². The highest BCUT2D eigenvalue weighted by atomic mass is 32.2. The summed E-state index contributed by atoms with van der Waals surface area (Å²) in [6, 6.07) is 18.3. The number of anilines is 1. The van der Waals surface area contributed by atoms with E-state index in [1.807, 2.05) is 42.5 Å². The number of aromatic nitrogens is 2. The summed E-state index contributed by atoms with van der Waals surface area (Å²) in [5.41, 5.74) is 7.92. The fourth-order valence-corrected chi connectivity index (χ4v) is 2.88. The zero-order chi connectivity index (χ0) is 13.1. The molecule has 1 aromatic heterocycles. The molecule has 0 spiro atoms. The molecule has 94 valence electrons. The van der Waals surface area contributed by atoms with E-state index in [1.54, 1.807) is 11.8 Å². The van der Waals surface area contributed by atoms with E-state index in [4.69, 9.17) is 5.73 Å². The van der Waals surface area contributed by atoms with Gasteiger partial charge in [0.2, 0.25) is 5.95 Å². The smallest absolute Gasteiger partial charge is 0.221 e. The maximum atomic E-state index is 5.76. The number of hydrogen-bond acceptors (Lipinski definition) is 4. The van der Waals surface area contributed by atoms with Crippen LogP contribution < -0.4 is 5.73 Å². The van der Waals surface area contributed by atoms with Gasteiger partial charge in [-0.25, -0.2) is 9.97 Å². The fraction of sp³-hybridized carbons (Fsp3) is 0.0667. The topological polar surface area (TPSA) is 51.8 Å². The van der Waals surface area contributed by atoms with E-state index in [-0.39, 0.29) is 0 Å². The van der Waals surface area contributed by atoms with Crippen molar-refractivity contribution in [3.8, 4) is 0 Å². The standard InChI is InChI=1S/C15H13N3S/c16-15-17-13-9-5-4-8-12(13)14(18-15)19-10-11-6-2-1-3-7-11/h1-9H,10H2,(H2,16,17,18). The minimum Gasteiger partial charge on any atom is -0.368 e. The second-order valence-electron chi connectivity index (χ2n) is 4.18. The summed E-state index contributed by atoms with van der Waals surface area (Å²) in [7, 11) is 0. The number of hydrogen-bond donors (Lipinski definition) is 1. The van der Waals surface area contributed by atoms with E-state index in [1.165, 1.54) is 5.56 Å². The molecule has 0 unspecified atom stereocenters. The molecule has 3 aromatic rings. The van der Waals surface area contributed by atoms with Gasteiger partial charge in [-0.3, -0.25) is 0 Å². The Kier molecular flexibility index (Phi) is 3.33. The first-order valence-electron chi connectivity index (χ1n) is 6.02. The molecule has 3 nitrogen and oxygen atoms in total. The Hall–Kier alpha value is -2.07. The molecule has 0 saturated heterocycles. The largest absolute Gasteiger partial charge is 0.368 e. The highest BCUT2D eigenvalue weighted by Gasteiger charge is 2.06. The van der Waals surface area contributed by atoms with Crippen LogP contribution in [0.15, 0.2) is 59.6 Å². The third kappa shape index (κ3) is 2.69. The first-order chi connectivity index (χ1) is 9.33. The molecule has 1 heterocycles. The molecule has 0 amide bonds. The lowest BCUT2D eigenvalue weighted by Crippen LogP contribution is -1.97. The Morgan fingerprint density at radius 3 is 2.47 bits per heavy atom. The lowest BCUT2D eigenvalue weighted by atomic mass is 10.2. The van der Waals surface area contributed by atoms with Gasteiger partial charge in [0.1, 0.15) is 5.03 Å². The Morgan fingerprint density at radius 2 is 1.63 bits per heavy atom. The molecule has 19 heavy (non-hydrogen) atoms. The summed E-state index contributed by atoms with van der Waals surface area (Å²) in [6.45, 7) is 0. The van der Waals surface area contributed by atoms with Gasteiger partial charge in [-0.1, -0.05) is 48.5 Å². The van der Waals surface area contributed by atoms with Crippen LogP contribution in [-0.4, -0.2) is 9.97 Å². The molecule has 4 heteroatoms. The molecule has 0 bridgehead atoms. The van der Waals surface area contributed by atoms with Crippen molar-refractivity contribution in [1.29, 1.82) is 0 Å². The number of nitrogen functional groups attached to an aromatic ring is 1. The maximum Gasteiger partial charge on any atom is 0.221 e. The monoisotopic (exact) mass is 267 g/mol. The van der Waals surface area contributed by atoms with Crippen molar-refractivity contribution in [2.24, 2.45) is 0 Å². The third-order valence-electron chi connectivity index (χ3n) is 2.80. The molecule has 0 aliphatic heterocycles. The molecule has 0 atom stereocenters. The second kappa shape index (κ2) is 5.28. The summed E-state index contributed by atoms with van der Waals surface area (Å²) in [5.74, 6) is 1.20. The SMILES string of the molecule is Nc1nc(SCc2ccccc2)c2ccccc2n1. The molecule has 3 rings (SSSR count). The van der Waals surface area contributed by atoms with Gasteiger partial charge >= 0.3 is 0 Å². The molecule has 0 aliphatic rings. The summed E-state index contributed by atoms with van der Waals surface area (Å²) in [6.07, 6.45) is 0. The Morgan fingerprint density at radius 1 is 0.895 bits per heavy atom. The molecule has 0 aliphatic carbocycles. The number of thioether (sulfide) groups is 1. The molecular weight excluding hydrogens is 254 g/mol. The van der Waals surface area contributed by atoms with E-state index in [2.05, 4.69) is 22.1 Å². The summed E-state index contributed by atoms with van der Waals surface area (Å²) in [4.78, 5) is 8.59. The zero-order valence-corrected chi connectivity index (χ0v) is 11.1. The van der Waals surface area contributed by atoms with Crippen LogP contribution in [0.4, 0.5) is 5.95 Å². The van der Waals surface area contributed by atoms with Crippen molar-refractivity contribution in [3.05, 3.63) is 60.2 Å². The lowest BCUT2D eigenvalue weighted by Gasteiger charge is -2.06. The van der Waals surface area contributed by atoms with Crippen molar-refractivity contribution < 1.29 is 0 Å². The van der Waals surface area contributed by atoms with Gasteiger partial charge in [0.05, 0.1) is 5.52 Å². The van der Waals surface area contributed by atoms with Gasteiger partial charge in [0, 0.05) is 11.1 Å². The van der Waals surface area contributed by atoms with Crippen molar-refractivity contribution in [3.63, 3.8) is 0 Å². The first kappa shape index (κ1) is 12.0. The minimum atomic E-state index is 0.328. The van der Waals surface area contributed by atoms with Crippen molar-refractivity contribution in [2.45, 2.75) is 10.8 Å². The summed E-state index contributed by atoms with van der Waals surface area (Å²) in [5, 5.41) is 1.99.